The number of halogens is 2. The van der Waals surface area contributed by atoms with E-state index in [1.165, 1.54) is 0 Å². The molecule has 4 rings (SSSR count). The topological polar surface area (TPSA) is 98.3 Å². The number of thiophene rings is 1. The van der Waals surface area contributed by atoms with Crippen molar-refractivity contribution in [2.45, 2.75) is 19.8 Å². The average Bonchev–Trinajstić information content (AvgIpc) is 3.18. The van der Waals surface area contributed by atoms with Gasteiger partial charge in [-0.15, -0.1) is 11.3 Å². The van der Waals surface area contributed by atoms with Gasteiger partial charge in [-0.25, -0.2) is 14.8 Å². The minimum Gasteiger partial charge on any atom is -0.491 e. The van der Waals surface area contributed by atoms with E-state index in [0.29, 0.717) is 62.3 Å². The predicted octanol–water partition coefficient (Wildman–Crippen LogP) is 4.44. The summed E-state index contributed by atoms with van der Waals surface area (Å²) in [5, 5.41) is 11.1. The van der Waals surface area contributed by atoms with E-state index in [0.717, 1.165) is 16.9 Å². The van der Waals surface area contributed by atoms with Crippen LogP contribution < -0.4 is 10.5 Å². The normalized spacial score (nSPS) is 13.0. The van der Waals surface area contributed by atoms with Gasteiger partial charge in [-0.1, -0.05) is 30.1 Å². The maximum atomic E-state index is 11.6. The second-order valence-corrected chi connectivity index (χ2v) is 7.61. The summed E-state index contributed by atoms with van der Waals surface area (Å²) in [6, 6.07) is 1.61. The molecule has 0 atom stereocenters. The molecule has 0 amide bonds. The first kappa shape index (κ1) is 17.3. The Morgan fingerprint density at radius 1 is 1.38 bits per heavy atom. The predicted molar refractivity (Wildman–Crippen MR) is 103 cm³/mol. The second kappa shape index (κ2) is 6.26. The zero-order valence-corrected chi connectivity index (χ0v) is 15.9. The van der Waals surface area contributed by atoms with E-state index in [4.69, 9.17) is 33.7 Å². The number of benzene rings is 1. The Morgan fingerprint density at radius 3 is 2.85 bits per heavy atom. The highest BCUT2D eigenvalue weighted by molar-refractivity contribution is 7.20. The Balaban J connectivity index is 2.14. The third-order valence-electron chi connectivity index (χ3n) is 4.34. The Morgan fingerprint density at radius 2 is 2.15 bits per heavy atom. The first-order valence-electron chi connectivity index (χ1n) is 7.88. The Bertz CT molecular complexity index is 1080. The van der Waals surface area contributed by atoms with Gasteiger partial charge in [0.2, 0.25) is 5.95 Å². The minimum absolute atomic E-state index is 0.0621. The SMILES string of the molecule is CCc1c(C(=O)O)sc2nc(N)nc(-c3c(Cl)cc(Cl)c4c3CCO4)c12. The number of aryl methyl sites for hydroxylation is 1. The summed E-state index contributed by atoms with van der Waals surface area (Å²) in [6.45, 7) is 2.39. The quantitative estimate of drug-likeness (QED) is 0.662. The number of hydrogen-bond acceptors (Lipinski definition) is 6. The molecule has 0 unspecified atom stereocenters. The third-order valence-corrected chi connectivity index (χ3v) is 6.03. The fourth-order valence-electron chi connectivity index (χ4n) is 3.32. The maximum Gasteiger partial charge on any atom is 0.346 e. The van der Waals surface area contributed by atoms with Crippen LogP contribution in [0.2, 0.25) is 10.0 Å². The van der Waals surface area contributed by atoms with Crippen LogP contribution in [0.25, 0.3) is 21.5 Å². The van der Waals surface area contributed by atoms with Crippen molar-refractivity contribution in [1.29, 1.82) is 0 Å². The molecule has 3 aromatic rings. The first-order valence-corrected chi connectivity index (χ1v) is 9.45. The fourth-order valence-corrected chi connectivity index (χ4v) is 5.08. The number of ether oxygens (including phenoxy) is 1. The molecule has 134 valence electrons. The van der Waals surface area contributed by atoms with Gasteiger partial charge in [0.15, 0.2) is 0 Å². The lowest BCUT2D eigenvalue weighted by Gasteiger charge is -2.13. The number of nitrogens with two attached hydrogens (primary N) is 1. The van der Waals surface area contributed by atoms with Gasteiger partial charge in [-0.3, -0.25) is 0 Å². The van der Waals surface area contributed by atoms with E-state index < -0.39 is 5.97 Å². The lowest BCUT2D eigenvalue weighted by Crippen LogP contribution is -2.01. The zero-order valence-electron chi connectivity index (χ0n) is 13.6. The molecule has 0 fully saturated rings. The molecular formula is C17H13Cl2N3O3S. The molecule has 9 heteroatoms. The van der Waals surface area contributed by atoms with Crippen LogP contribution in [0.3, 0.4) is 0 Å². The molecule has 1 aromatic carbocycles. The number of fused-ring (bicyclic) bond motifs is 2. The number of aromatic nitrogens is 2. The molecular weight excluding hydrogens is 397 g/mol. The van der Waals surface area contributed by atoms with Crippen molar-refractivity contribution in [1.82, 2.24) is 9.97 Å². The van der Waals surface area contributed by atoms with E-state index in [-0.39, 0.29) is 10.8 Å². The number of carbonyl (C=O) groups is 1. The number of rotatable bonds is 3. The summed E-state index contributed by atoms with van der Waals surface area (Å²) in [5.41, 5.74) is 8.62. The molecule has 0 bridgehead atoms. The minimum atomic E-state index is -0.995. The largest absolute Gasteiger partial charge is 0.491 e. The summed E-state index contributed by atoms with van der Waals surface area (Å²) in [6.07, 6.45) is 1.15. The van der Waals surface area contributed by atoms with E-state index in [1.54, 1.807) is 6.07 Å². The van der Waals surface area contributed by atoms with Gasteiger partial charge in [0, 0.05) is 22.9 Å². The zero-order chi connectivity index (χ0) is 18.6. The van der Waals surface area contributed by atoms with Crippen molar-refractivity contribution >= 4 is 56.7 Å². The molecule has 1 aliphatic rings. The summed E-state index contributed by atoms with van der Waals surface area (Å²) < 4.78 is 5.63. The van der Waals surface area contributed by atoms with Crippen LogP contribution in [0.5, 0.6) is 5.75 Å². The van der Waals surface area contributed by atoms with Crippen molar-refractivity contribution in [3.8, 4) is 17.0 Å². The molecule has 2 aromatic heterocycles. The fraction of sp³-hybridized carbons (Fsp3) is 0.235. The van der Waals surface area contributed by atoms with Crippen LogP contribution in [0.4, 0.5) is 5.95 Å². The van der Waals surface area contributed by atoms with Gasteiger partial charge in [-0.05, 0) is 18.1 Å². The molecule has 0 saturated carbocycles. The van der Waals surface area contributed by atoms with Gasteiger partial charge in [0.1, 0.15) is 15.5 Å². The summed E-state index contributed by atoms with van der Waals surface area (Å²) in [7, 11) is 0. The molecule has 1 aliphatic heterocycles. The summed E-state index contributed by atoms with van der Waals surface area (Å²) in [5.74, 6) is -0.347. The summed E-state index contributed by atoms with van der Waals surface area (Å²) in [4.78, 5) is 21.1. The second-order valence-electron chi connectivity index (χ2n) is 5.80. The number of hydrogen-bond donors (Lipinski definition) is 2. The third kappa shape index (κ3) is 2.50. The highest BCUT2D eigenvalue weighted by atomic mass is 35.5. The number of carboxylic acids is 1. The molecule has 0 aliphatic carbocycles. The molecule has 3 heterocycles. The van der Waals surface area contributed by atoms with E-state index in [2.05, 4.69) is 9.97 Å². The van der Waals surface area contributed by atoms with Gasteiger partial charge in [-0.2, -0.15) is 0 Å². The number of anilines is 1. The average molecular weight is 410 g/mol. The van der Waals surface area contributed by atoms with Crippen molar-refractivity contribution < 1.29 is 14.6 Å². The number of aromatic carboxylic acids is 1. The molecule has 26 heavy (non-hydrogen) atoms. The van der Waals surface area contributed by atoms with Crippen LogP contribution in [-0.4, -0.2) is 27.7 Å². The number of nitrogen functional groups attached to an aromatic ring is 1. The molecule has 0 radical (unpaired) electrons. The van der Waals surface area contributed by atoms with Crippen molar-refractivity contribution in [3.63, 3.8) is 0 Å². The Hall–Kier alpha value is -2.09. The monoisotopic (exact) mass is 409 g/mol. The van der Waals surface area contributed by atoms with Crippen molar-refractivity contribution in [3.05, 3.63) is 32.1 Å². The molecule has 0 spiro atoms. The Labute approximate surface area is 162 Å². The van der Waals surface area contributed by atoms with Crippen LogP contribution in [0, 0.1) is 0 Å². The van der Waals surface area contributed by atoms with Gasteiger partial charge in [0.25, 0.3) is 0 Å². The van der Waals surface area contributed by atoms with Gasteiger partial charge < -0.3 is 15.6 Å². The number of nitrogens with zero attached hydrogens (tertiary/aromatic N) is 2. The smallest absolute Gasteiger partial charge is 0.346 e. The standard InChI is InChI=1S/C17H13Cl2N3O3S/c1-2-6-11-12(21-17(20)22-15(11)26-14(6)16(23)24)10-7-3-4-25-13(7)9(19)5-8(10)18/h5H,2-4H2,1H3,(H,23,24)(H2,20,21,22). The lowest BCUT2D eigenvalue weighted by molar-refractivity contribution is 0.0701. The lowest BCUT2D eigenvalue weighted by atomic mass is 9.97. The Kier molecular flexibility index (Phi) is 4.17. The maximum absolute atomic E-state index is 11.6. The van der Waals surface area contributed by atoms with E-state index in [1.807, 2.05) is 6.92 Å². The summed E-state index contributed by atoms with van der Waals surface area (Å²) >= 11 is 13.8. The molecule has 3 N–H and O–H groups in total. The van der Waals surface area contributed by atoms with Crippen LogP contribution >= 0.6 is 34.5 Å². The van der Waals surface area contributed by atoms with Crippen LogP contribution in [0.1, 0.15) is 27.7 Å². The van der Waals surface area contributed by atoms with E-state index in [9.17, 15) is 9.90 Å². The van der Waals surface area contributed by atoms with Gasteiger partial charge >= 0.3 is 5.97 Å². The first-order chi connectivity index (χ1) is 12.4. The molecule has 0 saturated heterocycles. The van der Waals surface area contributed by atoms with Crippen LogP contribution in [-0.2, 0) is 12.8 Å². The van der Waals surface area contributed by atoms with Crippen LogP contribution in [0.15, 0.2) is 6.07 Å². The highest BCUT2D eigenvalue weighted by Gasteiger charge is 2.28. The number of carboxylic acid groups (broad SMARTS) is 1. The van der Waals surface area contributed by atoms with Crippen molar-refractivity contribution in [2.24, 2.45) is 0 Å². The van der Waals surface area contributed by atoms with Crippen molar-refractivity contribution in [2.75, 3.05) is 12.3 Å². The molecule has 6 nitrogen and oxygen atoms in total. The van der Waals surface area contributed by atoms with E-state index >= 15 is 0 Å². The van der Waals surface area contributed by atoms with Gasteiger partial charge in [0.05, 0.1) is 22.3 Å². The highest BCUT2D eigenvalue weighted by Crippen LogP contribution is 2.47.